The average molecular weight is 292 g/mol. The van der Waals surface area contributed by atoms with Gasteiger partial charge in [-0.25, -0.2) is 4.79 Å². The molecule has 1 aromatic carbocycles. The summed E-state index contributed by atoms with van der Waals surface area (Å²) in [7, 11) is 1.64. The fraction of sp³-hybridized carbons (Fsp3) is 0.467. The highest BCUT2D eigenvalue weighted by atomic mass is 16.5. The van der Waals surface area contributed by atoms with E-state index in [0.29, 0.717) is 25.9 Å². The van der Waals surface area contributed by atoms with Crippen molar-refractivity contribution >= 4 is 11.9 Å². The molecular formula is C15H20N2O4. The number of methoxy groups -OCH3 is 1. The van der Waals surface area contributed by atoms with Crippen molar-refractivity contribution in [1.82, 2.24) is 10.6 Å². The van der Waals surface area contributed by atoms with E-state index in [4.69, 9.17) is 9.84 Å². The topological polar surface area (TPSA) is 87.7 Å². The second-order valence-corrected chi connectivity index (χ2v) is 5.10. The summed E-state index contributed by atoms with van der Waals surface area (Å²) in [5.74, 6) is -0.981. The van der Waals surface area contributed by atoms with E-state index in [1.165, 1.54) is 0 Å². The minimum absolute atomic E-state index is 0.0380. The number of nitrogens with one attached hydrogen (secondary N) is 2. The number of hydrogen-bond donors (Lipinski definition) is 3. The highest BCUT2D eigenvalue weighted by Gasteiger charge is 2.28. The first kappa shape index (κ1) is 15.5. The molecule has 1 saturated heterocycles. The first-order valence-corrected chi connectivity index (χ1v) is 6.96. The number of carbonyl (C=O) groups is 2. The quantitative estimate of drug-likeness (QED) is 0.707. The first-order valence-electron chi connectivity index (χ1n) is 6.96. The van der Waals surface area contributed by atoms with Crippen LogP contribution in [-0.2, 0) is 16.0 Å². The van der Waals surface area contributed by atoms with Gasteiger partial charge in [-0.2, -0.15) is 0 Å². The molecule has 6 heteroatoms. The second kappa shape index (κ2) is 7.19. The molecule has 0 bridgehead atoms. The molecule has 3 N–H and O–H groups in total. The van der Waals surface area contributed by atoms with Gasteiger partial charge < -0.3 is 20.5 Å². The monoisotopic (exact) mass is 292 g/mol. The molecule has 0 saturated carbocycles. The van der Waals surface area contributed by atoms with Crippen molar-refractivity contribution in [1.29, 1.82) is 0 Å². The summed E-state index contributed by atoms with van der Waals surface area (Å²) in [5.41, 5.74) is 1.16. The molecule has 21 heavy (non-hydrogen) atoms. The van der Waals surface area contributed by atoms with E-state index >= 15 is 0 Å². The minimum atomic E-state index is -0.943. The van der Waals surface area contributed by atoms with Gasteiger partial charge in [0.05, 0.1) is 17.7 Å². The van der Waals surface area contributed by atoms with Crippen LogP contribution in [0.25, 0.3) is 0 Å². The van der Waals surface area contributed by atoms with Gasteiger partial charge in [0, 0.05) is 20.2 Å². The van der Waals surface area contributed by atoms with Gasteiger partial charge in [0.2, 0.25) is 5.91 Å². The smallest absolute Gasteiger partial charge is 0.335 e. The molecular weight excluding hydrogens is 272 g/mol. The molecule has 0 aromatic heterocycles. The number of ether oxygens (including phenoxy) is 1. The van der Waals surface area contributed by atoms with Crippen molar-refractivity contribution in [3.63, 3.8) is 0 Å². The number of amides is 1. The van der Waals surface area contributed by atoms with Gasteiger partial charge in [-0.05, 0) is 30.5 Å². The van der Waals surface area contributed by atoms with Gasteiger partial charge in [0.15, 0.2) is 0 Å². The Morgan fingerprint density at radius 1 is 1.48 bits per heavy atom. The Morgan fingerprint density at radius 2 is 2.29 bits per heavy atom. The summed E-state index contributed by atoms with van der Waals surface area (Å²) < 4.78 is 5.20. The van der Waals surface area contributed by atoms with Crippen LogP contribution in [0.5, 0.6) is 0 Å². The van der Waals surface area contributed by atoms with Crippen LogP contribution < -0.4 is 10.6 Å². The molecule has 1 aromatic rings. The average Bonchev–Trinajstić information content (AvgIpc) is 2.96. The van der Waals surface area contributed by atoms with Crippen molar-refractivity contribution in [2.45, 2.75) is 25.0 Å². The molecule has 1 aliphatic rings. The van der Waals surface area contributed by atoms with Crippen LogP contribution in [0.4, 0.5) is 0 Å². The third kappa shape index (κ3) is 4.27. The Morgan fingerprint density at radius 3 is 2.95 bits per heavy atom. The summed E-state index contributed by atoms with van der Waals surface area (Å²) >= 11 is 0. The van der Waals surface area contributed by atoms with Gasteiger partial charge in [-0.15, -0.1) is 0 Å². The molecule has 1 aliphatic heterocycles. The van der Waals surface area contributed by atoms with Gasteiger partial charge in [0.1, 0.15) is 0 Å². The molecule has 2 unspecified atom stereocenters. The highest BCUT2D eigenvalue weighted by Crippen LogP contribution is 2.10. The summed E-state index contributed by atoms with van der Waals surface area (Å²) in [6.45, 7) is 1.17. The van der Waals surface area contributed by atoms with E-state index < -0.39 is 5.97 Å². The van der Waals surface area contributed by atoms with E-state index in [2.05, 4.69) is 10.6 Å². The number of carboxylic acids is 1. The van der Waals surface area contributed by atoms with E-state index in [1.807, 2.05) is 6.07 Å². The Balaban J connectivity index is 1.78. The lowest BCUT2D eigenvalue weighted by atomic mass is 10.1. The van der Waals surface area contributed by atoms with E-state index in [9.17, 15) is 9.59 Å². The fourth-order valence-electron chi connectivity index (χ4n) is 2.40. The normalized spacial score (nSPS) is 21.2. The summed E-state index contributed by atoms with van der Waals surface area (Å²) in [6, 6.07) is 6.54. The molecule has 0 spiro atoms. The van der Waals surface area contributed by atoms with Crippen LogP contribution in [0, 0.1) is 0 Å². The maximum Gasteiger partial charge on any atom is 0.335 e. The number of carbonyl (C=O) groups excluding carboxylic acids is 1. The van der Waals surface area contributed by atoms with Gasteiger partial charge in [-0.3, -0.25) is 4.79 Å². The van der Waals surface area contributed by atoms with Crippen LogP contribution >= 0.6 is 0 Å². The maximum atomic E-state index is 11.9. The van der Waals surface area contributed by atoms with Gasteiger partial charge in [-0.1, -0.05) is 12.1 Å². The van der Waals surface area contributed by atoms with Crippen molar-refractivity contribution in [3.8, 4) is 0 Å². The Labute approximate surface area is 123 Å². The number of rotatable bonds is 6. The summed E-state index contributed by atoms with van der Waals surface area (Å²) in [6.07, 6.45) is 1.37. The molecule has 1 fully saturated rings. The zero-order valence-electron chi connectivity index (χ0n) is 12.0. The lowest BCUT2D eigenvalue weighted by Gasteiger charge is -2.11. The van der Waals surface area contributed by atoms with E-state index in [1.54, 1.807) is 25.3 Å². The second-order valence-electron chi connectivity index (χ2n) is 5.10. The fourth-order valence-corrected chi connectivity index (χ4v) is 2.40. The molecule has 2 rings (SSSR count). The zero-order chi connectivity index (χ0) is 15.2. The molecule has 2 atom stereocenters. The molecule has 0 radical (unpaired) electrons. The first-order chi connectivity index (χ1) is 10.1. The third-order valence-electron chi connectivity index (χ3n) is 3.63. The predicted molar refractivity (Wildman–Crippen MR) is 77.3 cm³/mol. The lowest BCUT2D eigenvalue weighted by molar-refractivity contribution is -0.122. The van der Waals surface area contributed by atoms with Crippen LogP contribution in [0.2, 0.25) is 0 Å². The molecule has 1 amide bonds. The number of carboxylic acid groups (broad SMARTS) is 1. The number of benzene rings is 1. The summed E-state index contributed by atoms with van der Waals surface area (Å²) in [4.78, 5) is 22.8. The van der Waals surface area contributed by atoms with Gasteiger partial charge >= 0.3 is 5.97 Å². The largest absolute Gasteiger partial charge is 0.478 e. The van der Waals surface area contributed by atoms with Gasteiger partial charge in [0.25, 0.3) is 0 Å². The predicted octanol–water partition coefficient (Wildman–Crippen LogP) is 0.420. The minimum Gasteiger partial charge on any atom is -0.478 e. The van der Waals surface area contributed by atoms with Crippen LogP contribution in [0.1, 0.15) is 22.3 Å². The molecule has 0 aliphatic carbocycles. The molecule has 6 nitrogen and oxygen atoms in total. The van der Waals surface area contributed by atoms with Crippen molar-refractivity contribution in [3.05, 3.63) is 35.4 Å². The standard InChI is InChI=1S/C15H20N2O4/c1-21-12-8-13(17-9-12)14(18)16-6-5-10-3-2-4-11(7-10)15(19)20/h2-4,7,12-13,17H,5-6,8-9H2,1H3,(H,16,18)(H,19,20). The van der Waals surface area contributed by atoms with Crippen molar-refractivity contribution < 1.29 is 19.4 Å². The number of hydrogen-bond acceptors (Lipinski definition) is 4. The number of aromatic carboxylic acids is 1. The zero-order valence-corrected chi connectivity index (χ0v) is 12.0. The summed E-state index contributed by atoms with van der Waals surface area (Å²) in [5, 5.41) is 14.9. The van der Waals surface area contributed by atoms with Crippen LogP contribution in [0.15, 0.2) is 24.3 Å². The van der Waals surface area contributed by atoms with E-state index in [-0.39, 0.29) is 23.6 Å². The van der Waals surface area contributed by atoms with Crippen molar-refractivity contribution in [2.75, 3.05) is 20.2 Å². The maximum absolute atomic E-state index is 11.9. The SMILES string of the molecule is COC1CNC(C(=O)NCCc2cccc(C(=O)O)c2)C1. The van der Waals surface area contributed by atoms with E-state index in [0.717, 1.165) is 5.56 Å². The Hall–Kier alpha value is -1.92. The van der Waals surface area contributed by atoms with Crippen LogP contribution in [-0.4, -0.2) is 49.3 Å². The van der Waals surface area contributed by atoms with Crippen LogP contribution in [0.3, 0.4) is 0 Å². The molecule has 1 heterocycles. The third-order valence-corrected chi connectivity index (χ3v) is 3.63. The van der Waals surface area contributed by atoms with Crippen molar-refractivity contribution in [2.24, 2.45) is 0 Å². The Bertz CT molecular complexity index is 518. The molecule has 114 valence electrons. The lowest BCUT2D eigenvalue weighted by Crippen LogP contribution is -2.41. The highest BCUT2D eigenvalue weighted by molar-refractivity contribution is 5.87. The Kier molecular flexibility index (Phi) is 5.30.